The van der Waals surface area contributed by atoms with E-state index in [2.05, 4.69) is 17.6 Å². The molecule has 0 amide bonds. The Morgan fingerprint density at radius 2 is 1.94 bits per heavy atom. The van der Waals surface area contributed by atoms with Crippen LogP contribution >= 0.6 is 0 Å². The molecule has 2 rings (SSSR count). The molecule has 100 valence electrons. The molecule has 3 heteroatoms. The van der Waals surface area contributed by atoms with E-state index in [1.54, 1.807) is 0 Å². The summed E-state index contributed by atoms with van der Waals surface area (Å²) in [4.78, 5) is 0. The molecular weight excluding hydrogens is 212 g/mol. The van der Waals surface area contributed by atoms with Gasteiger partial charge in [0.1, 0.15) is 0 Å². The molecule has 1 aliphatic carbocycles. The van der Waals surface area contributed by atoms with E-state index in [4.69, 9.17) is 4.74 Å². The molecule has 1 heterocycles. The molecule has 2 aliphatic rings. The Hall–Kier alpha value is -0.120. The second kappa shape index (κ2) is 6.17. The lowest BCUT2D eigenvalue weighted by Gasteiger charge is -2.34. The third-order valence-corrected chi connectivity index (χ3v) is 4.59. The third kappa shape index (κ3) is 3.67. The first-order valence-electron chi connectivity index (χ1n) is 7.19. The van der Waals surface area contributed by atoms with E-state index in [0.717, 1.165) is 19.8 Å². The number of nitrogens with one attached hydrogen (secondary N) is 2. The molecule has 2 unspecified atom stereocenters. The lowest BCUT2D eigenvalue weighted by atomic mass is 9.75. The van der Waals surface area contributed by atoms with Crippen molar-refractivity contribution in [2.75, 3.05) is 33.4 Å². The third-order valence-electron chi connectivity index (χ3n) is 4.59. The van der Waals surface area contributed by atoms with Gasteiger partial charge in [-0.05, 0) is 25.3 Å². The van der Waals surface area contributed by atoms with Crippen molar-refractivity contribution in [3.8, 4) is 0 Å². The molecule has 2 fully saturated rings. The minimum atomic E-state index is 0.543. The Bertz CT molecular complexity index is 226. The molecule has 3 nitrogen and oxygen atoms in total. The monoisotopic (exact) mass is 240 g/mol. The van der Waals surface area contributed by atoms with Crippen LogP contribution in [0.25, 0.3) is 0 Å². The maximum absolute atomic E-state index is 5.53. The molecular formula is C14H28N2O. The smallest absolute Gasteiger partial charge is 0.0623 e. The van der Waals surface area contributed by atoms with E-state index in [1.165, 1.54) is 38.6 Å². The molecule has 17 heavy (non-hydrogen) atoms. The van der Waals surface area contributed by atoms with E-state index in [-0.39, 0.29) is 0 Å². The number of hydrogen-bond donors (Lipinski definition) is 2. The van der Waals surface area contributed by atoms with Gasteiger partial charge in [0.15, 0.2) is 0 Å². The number of rotatable bonds is 5. The summed E-state index contributed by atoms with van der Waals surface area (Å²) in [6, 6.07) is 0.543. The number of hydrogen-bond acceptors (Lipinski definition) is 3. The average molecular weight is 240 g/mol. The fraction of sp³-hybridized carbons (Fsp3) is 1.00. The van der Waals surface area contributed by atoms with Crippen molar-refractivity contribution in [2.45, 2.75) is 45.1 Å². The van der Waals surface area contributed by atoms with Crippen LogP contribution in [0, 0.1) is 11.3 Å². The van der Waals surface area contributed by atoms with Crippen LogP contribution in [0.15, 0.2) is 0 Å². The fourth-order valence-electron chi connectivity index (χ4n) is 3.26. The summed E-state index contributed by atoms with van der Waals surface area (Å²) in [6.45, 7) is 6.51. The normalized spacial score (nSPS) is 32.8. The number of ether oxygens (including phenoxy) is 1. The molecule has 0 aromatic heterocycles. The van der Waals surface area contributed by atoms with Gasteiger partial charge in [-0.15, -0.1) is 0 Å². The van der Waals surface area contributed by atoms with E-state index < -0.39 is 0 Å². The summed E-state index contributed by atoms with van der Waals surface area (Å²) < 4.78 is 5.53. The minimum absolute atomic E-state index is 0.543. The largest absolute Gasteiger partial charge is 0.379 e. The molecule has 1 saturated carbocycles. The highest BCUT2D eigenvalue weighted by molar-refractivity contribution is 4.84. The minimum Gasteiger partial charge on any atom is -0.379 e. The maximum Gasteiger partial charge on any atom is 0.0623 e. The molecule has 2 atom stereocenters. The van der Waals surface area contributed by atoms with Gasteiger partial charge in [-0.3, -0.25) is 0 Å². The van der Waals surface area contributed by atoms with Gasteiger partial charge in [0.05, 0.1) is 13.2 Å². The Morgan fingerprint density at radius 1 is 1.18 bits per heavy atom. The Balaban J connectivity index is 1.68. The summed E-state index contributed by atoms with van der Waals surface area (Å²) in [5.74, 6) is 0.646. The van der Waals surface area contributed by atoms with Crippen LogP contribution in [-0.2, 0) is 4.74 Å². The standard InChI is InChI=1S/C14H28N2O/c1-14(6-4-3-5-7-14)11-16-8-12-9-17-10-13(12)15-2/h12-13,15-16H,3-11H2,1-2H3. The van der Waals surface area contributed by atoms with Crippen molar-refractivity contribution in [3.05, 3.63) is 0 Å². The first-order chi connectivity index (χ1) is 8.23. The number of likely N-dealkylation sites (N-methyl/N-ethyl adjacent to an activating group) is 1. The van der Waals surface area contributed by atoms with Crippen LogP contribution in [0.2, 0.25) is 0 Å². The van der Waals surface area contributed by atoms with Crippen molar-refractivity contribution in [1.29, 1.82) is 0 Å². The summed E-state index contributed by atoms with van der Waals surface area (Å²) in [5, 5.41) is 7.03. The van der Waals surface area contributed by atoms with Gasteiger partial charge in [-0.25, -0.2) is 0 Å². The predicted octanol–water partition coefficient (Wildman–Crippen LogP) is 1.78. The topological polar surface area (TPSA) is 33.3 Å². The van der Waals surface area contributed by atoms with E-state index >= 15 is 0 Å². The van der Waals surface area contributed by atoms with Crippen LogP contribution in [0.4, 0.5) is 0 Å². The fourth-order valence-corrected chi connectivity index (χ4v) is 3.26. The quantitative estimate of drug-likeness (QED) is 0.768. The summed E-state index contributed by atoms with van der Waals surface area (Å²) >= 11 is 0. The van der Waals surface area contributed by atoms with Crippen molar-refractivity contribution in [1.82, 2.24) is 10.6 Å². The predicted molar refractivity (Wildman–Crippen MR) is 71.2 cm³/mol. The van der Waals surface area contributed by atoms with Crippen LogP contribution in [0.1, 0.15) is 39.0 Å². The van der Waals surface area contributed by atoms with Crippen molar-refractivity contribution in [3.63, 3.8) is 0 Å². The summed E-state index contributed by atoms with van der Waals surface area (Å²) in [5.41, 5.74) is 0.548. The Kier molecular flexibility index (Phi) is 4.83. The van der Waals surface area contributed by atoms with Gasteiger partial charge in [0.25, 0.3) is 0 Å². The first kappa shape index (κ1) is 13.3. The zero-order valence-corrected chi connectivity index (χ0v) is 11.4. The Labute approximate surface area is 106 Å². The van der Waals surface area contributed by atoms with Gasteiger partial charge in [0, 0.05) is 25.0 Å². The summed E-state index contributed by atoms with van der Waals surface area (Å²) in [7, 11) is 2.04. The van der Waals surface area contributed by atoms with Crippen LogP contribution in [0.5, 0.6) is 0 Å². The van der Waals surface area contributed by atoms with Crippen molar-refractivity contribution >= 4 is 0 Å². The second-order valence-corrected chi connectivity index (χ2v) is 6.19. The Morgan fingerprint density at radius 3 is 2.65 bits per heavy atom. The molecule has 1 aliphatic heterocycles. The molecule has 2 N–H and O–H groups in total. The first-order valence-corrected chi connectivity index (χ1v) is 7.19. The van der Waals surface area contributed by atoms with Crippen molar-refractivity contribution in [2.24, 2.45) is 11.3 Å². The highest BCUT2D eigenvalue weighted by atomic mass is 16.5. The van der Waals surface area contributed by atoms with Crippen molar-refractivity contribution < 1.29 is 4.74 Å². The van der Waals surface area contributed by atoms with Gasteiger partial charge in [-0.1, -0.05) is 26.2 Å². The van der Waals surface area contributed by atoms with E-state index in [9.17, 15) is 0 Å². The summed E-state index contributed by atoms with van der Waals surface area (Å²) in [6.07, 6.45) is 7.08. The molecule has 0 aromatic rings. The van der Waals surface area contributed by atoms with Gasteiger partial charge in [-0.2, -0.15) is 0 Å². The lowest BCUT2D eigenvalue weighted by molar-refractivity contribution is 0.178. The second-order valence-electron chi connectivity index (χ2n) is 6.19. The zero-order valence-electron chi connectivity index (χ0n) is 11.4. The van der Waals surface area contributed by atoms with E-state index in [0.29, 0.717) is 17.4 Å². The SMILES string of the molecule is CNC1COCC1CNCC1(C)CCCCC1. The van der Waals surface area contributed by atoms with Crippen LogP contribution in [0.3, 0.4) is 0 Å². The molecule has 0 spiro atoms. The van der Waals surface area contributed by atoms with Gasteiger partial charge in [0.2, 0.25) is 0 Å². The maximum atomic E-state index is 5.53. The molecule has 1 saturated heterocycles. The molecule has 0 aromatic carbocycles. The average Bonchev–Trinajstić information content (AvgIpc) is 2.77. The zero-order chi connectivity index (χ0) is 12.1. The van der Waals surface area contributed by atoms with E-state index in [1.807, 2.05) is 7.05 Å². The molecule has 0 bridgehead atoms. The van der Waals surface area contributed by atoms with Gasteiger partial charge >= 0.3 is 0 Å². The van der Waals surface area contributed by atoms with Gasteiger partial charge < -0.3 is 15.4 Å². The highest BCUT2D eigenvalue weighted by Gasteiger charge is 2.29. The molecule has 0 radical (unpaired) electrons. The lowest BCUT2D eigenvalue weighted by Crippen LogP contribution is -2.41. The highest BCUT2D eigenvalue weighted by Crippen LogP contribution is 2.34. The van der Waals surface area contributed by atoms with Crippen LogP contribution in [-0.4, -0.2) is 39.4 Å². The van der Waals surface area contributed by atoms with Crippen LogP contribution < -0.4 is 10.6 Å².